The predicted octanol–water partition coefficient (Wildman–Crippen LogP) is 2.43. The third-order valence-corrected chi connectivity index (χ3v) is 3.25. The van der Waals surface area contributed by atoms with Crippen LogP contribution in [0.4, 0.5) is 0 Å². The van der Waals surface area contributed by atoms with Gasteiger partial charge in [-0.2, -0.15) is 0 Å². The number of nitrogens with one attached hydrogen (secondary N) is 1. The van der Waals surface area contributed by atoms with Gasteiger partial charge in [0.15, 0.2) is 0 Å². The predicted molar refractivity (Wildman–Crippen MR) is 78.0 cm³/mol. The molecule has 0 aromatic rings. The van der Waals surface area contributed by atoms with Gasteiger partial charge < -0.3 is 10.1 Å². The standard InChI is InChI=1S/C15H30N2O/c1-6-17(12-14-8-7-9-18-14)11-13(2)10-16-15(3,4)5/h14,16H,2,6-12H2,1,3-5H3. The lowest BCUT2D eigenvalue weighted by molar-refractivity contribution is 0.0776. The van der Waals surface area contributed by atoms with Gasteiger partial charge >= 0.3 is 0 Å². The van der Waals surface area contributed by atoms with Gasteiger partial charge in [-0.25, -0.2) is 0 Å². The van der Waals surface area contributed by atoms with Crippen LogP contribution in [0, 0.1) is 0 Å². The van der Waals surface area contributed by atoms with Gasteiger partial charge in [-0.1, -0.05) is 13.5 Å². The number of nitrogens with zero attached hydrogens (tertiary/aromatic N) is 1. The van der Waals surface area contributed by atoms with E-state index in [1.807, 2.05) is 0 Å². The summed E-state index contributed by atoms with van der Waals surface area (Å²) >= 11 is 0. The third kappa shape index (κ3) is 6.53. The Labute approximate surface area is 113 Å². The van der Waals surface area contributed by atoms with Gasteiger partial charge in [0.2, 0.25) is 0 Å². The van der Waals surface area contributed by atoms with Gasteiger partial charge in [0, 0.05) is 31.8 Å². The van der Waals surface area contributed by atoms with Gasteiger partial charge in [-0.15, -0.1) is 0 Å². The molecule has 0 aromatic heterocycles. The van der Waals surface area contributed by atoms with E-state index in [0.717, 1.165) is 32.8 Å². The van der Waals surface area contributed by atoms with Crippen LogP contribution in [0.15, 0.2) is 12.2 Å². The minimum absolute atomic E-state index is 0.161. The summed E-state index contributed by atoms with van der Waals surface area (Å²) in [5, 5.41) is 3.49. The molecule has 1 unspecified atom stereocenters. The number of rotatable bonds is 7. The fraction of sp³-hybridized carbons (Fsp3) is 0.867. The Morgan fingerprint density at radius 2 is 2.17 bits per heavy atom. The molecule has 3 heteroatoms. The second-order valence-electron chi connectivity index (χ2n) is 6.32. The first kappa shape index (κ1) is 15.7. The Morgan fingerprint density at radius 1 is 1.44 bits per heavy atom. The maximum absolute atomic E-state index is 5.69. The summed E-state index contributed by atoms with van der Waals surface area (Å²) in [4.78, 5) is 2.43. The zero-order chi connectivity index (χ0) is 13.6. The Bertz CT molecular complexity index is 252. The summed E-state index contributed by atoms with van der Waals surface area (Å²) in [6, 6.07) is 0. The van der Waals surface area contributed by atoms with E-state index in [1.165, 1.54) is 18.4 Å². The fourth-order valence-electron chi connectivity index (χ4n) is 2.14. The number of hydrogen-bond acceptors (Lipinski definition) is 3. The van der Waals surface area contributed by atoms with Gasteiger partial charge in [0.1, 0.15) is 0 Å². The zero-order valence-electron chi connectivity index (χ0n) is 12.6. The van der Waals surface area contributed by atoms with Crippen molar-refractivity contribution in [3.05, 3.63) is 12.2 Å². The van der Waals surface area contributed by atoms with Crippen molar-refractivity contribution in [1.82, 2.24) is 10.2 Å². The molecule has 1 heterocycles. The SMILES string of the molecule is C=C(CNC(C)(C)C)CN(CC)CC1CCCO1. The molecule has 0 aliphatic carbocycles. The number of hydrogen-bond donors (Lipinski definition) is 1. The largest absolute Gasteiger partial charge is 0.377 e. The summed E-state index contributed by atoms with van der Waals surface area (Å²) < 4.78 is 5.69. The van der Waals surface area contributed by atoms with Crippen molar-refractivity contribution in [2.45, 2.75) is 52.2 Å². The van der Waals surface area contributed by atoms with Gasteiger partial charge in [0.25, 0.3) is 0 Å². The molecule has 0 bridgehead atoms. The Hall–Kier alpha value is -0.380. The van der Waals surface area contributed by atoms with Crippen molar-refractivity contribution in [3.63, 3.8) is 0 Å². The molecule has 0 saturated carbocycles. The van der Waals surface area contributed by atoms with Crippen LogP contribution in [0.5, 0.6) is 0 Å². The van der Waals surface area contributed by atoms with Gasteiger partial charge in [0.05, 0.1) is 6.10 Å². The van der Waals surface area contributed by atoms with Crippen LogP contribution in [-0.2, 0) is 4.74 Å². The zero-order valence-corrected chi connectivity index (χ0v) is 12.6. The minimum Gasteiger partial charge on any atom is -0.377 e. The van der Waals surface area contributed by atoms with Crippen molar-refractivity contribution in [2.24, 2.45) is 0 Å². The van der Waals surface area contributed by atoms with Crippen LogP contribution in [0.3, 0.4) is 0 Å². The van der Waals surface area contributed by atoms with Crippen molar-refractivity contribution in [2.75, 3.05) is 32.8 Å². The average molecular weight is 254 g/mol. The molecule has 1 fully saturated rings. The molecule has 0 aromatic carbocycles. The first-order valence-electron chi connectivity index (χ1n) is 7.16. The number of ether oxygens (including phenoxy) is 1. The second-order valence-corrected chi connectivity index (χ2v) is 6.32. The van der Waals surface area contributed by atoms with E-state index in [0.29, 0.717) is 6.10 Å². The van der Waals surface area contributed by atoms with Crippen molar-refractivity contribution in [1.29, 1.82) is 0 Å². The fourth-order valence-corrected chi connectivity index (χ4v) is 2.14. The molecule has 1 saturated heterocycles. The molecule has 18 heavy (non-hydrogen) atoms. The topological polar surface area (TPSA) is 24.5 Å². The van der Waals surface area contributed by atoms with E-state index in [2.05, 4.69) is 44.5 Å². The molecule has 1 aliphatic rings. The molecule has 1 aliphatic heterocycles. The quantitative estimate of drug-likeness (QED) is 0.706. The highest BCUT2D eigenvalue weighted by molar-refractivity contribution is 5.01. The molecule has 1 atom stereocenters. The number of likely N-dealkylation sites (N-methyl/N-ethyl adjacent to an activating group) is 1. The Balaban J connectivity index is 2.26. The first-order valence-corrected chi connectivity index (χ1v) is 7.16. The van der Waals surface area contributed by atoms with E-state index in [-0.39, 0.29) is 5.54 Å². The highest BCUT2D eigenvalue weighted by Gasteiger charge is 2.19. The van der Waals surface area contributed by atoms with Crippen LogP contribution in [0.25, 0.3) is 0 Å². The lowest BCUT2D eigenvalue weighted by Gasteiger charge is -2.26. The Morgan fingerprint density at radius 3 is 2.67 bits per heavy atom. The van der Waals surface area contributed by atoms with Crippen LogP contribution in [0.1, 0.15) is 40.5 Å². The van der Waals surface area contributed by atoms with E-state index in [9.17, 15) is 0 Å². The summed E-state index contributed by atoms with van der Waals surface area (Å²) in [6.45, 7) is 17.9. The smallest absolute Gasteiger partial charge is 0.0702 e. The molecular formula is C15H30N2O. The van der Waals surface area contributed by atoms with Crippen LogP contribution < -0.4 is 5.32 Å². The van der Waals surface area contributed by atoms with Crippen molar-refractivity contribution >= 4 is 0 Å². The molecule has 1 rings (SSSR count). The molecule has 1 N–H and O–H groups in total. The van der Waals surface area contributed by atoms with Crippen molar-refractivity contribution in [3.8, 4) is 0 Å². The second kappa shape index (κ2) is 7.27. The maximum Gasteiger partial charge on any atom is 0.0702 e. The van der Waals surface area contributed by atoms with Gasteiger partial charge in [-0.05, 0) is 45.7 Å². The monoisotopic (exact) mass is 254 g/mol. The minimum atomic E-state index is 0.161. The molecule has 3 nitrogen and oxygen atoms in total. The highest BCUT2D eigenvalue weighted by atomic mass is 16.5. The van der Waals surface area contributed by atoms with E-state index in [1.54, 1.807) is 0 Å². The van der Waals surface area contributed by atoms with Gasteiger partial charge in [-0.3, -0.25) is 4.90 Å². The molecule has 106 valence electrons. The normalized spacial score (nSPS) is 20.6. The van der Waals surface area contributed by atoms with E-state index < -0.39 is 0 Å². The summed E-state index contributed by atoms with van der Waals surface area (Å²) in [5.74, 6) is 0. The van der Waals surface area contributed by atoms with E-state index >= 15 is 0 Å². The van der Waals surface area contributed by atoms with Crippen LogP contribution in [0.2, 0.25) is 0 Å². The maximum atomic E-state index is 5.69. The summed E-state index contributed by atoms with van der Waals surface area (Å²) in [7, 11) is 0. The highest BCUT2D eigenvalue weighted by Crippen LogP contribution is 2.13. The lowest BCUT2D eigenvalue weighted by Crippen LogP contribution is -2.40. The molecule has 0 amide bonds. The summed E-state index contributed by atoms with van der Waals surface area (Å²) in [6.07, 6.45) is 2.87. The van der Waals surface area contributed by atoms with Crippen LogP contribution in [-0.4, -0.2) is 49.3 Å². The first-order chi connectivity index (χ1) is 8.40. The lowest BCUT2D eigenvalue weighted by atomic mass is 10.1. The van der Waals surface area contributed by atoms with E-state index in [4.69, 9.17) is 4.74 Å². The molecule has 0 spiro atoms. The summed E-state index contributed by atoms with van der Waals surface area (Å²) in [5.41, 5.74) is 1.42. The van der Waals surface area contributed by atoms with Crippen molar-refractivity contribution < 1.29 is 4.74 Å². The Kier molecular flexibility index (Phi) is 6.33. The molecular weight excluding hydrogens is 224 g/mol. The third-order valence-electron chi connectivity index (χ3n) is 3.25. The van der Waals surface area contributed by atoms with Crippen LogP contribution >= 0.6 is 0 Å². The average Bonchev–Trinajstić information content (AvgIpc) is 2.77. The molecule has 0 radical (unpaired) electrons.